The first kappa shape index (κ1) is 11.3. The first-order valence-electron chi connectivity index (χ1n) is 5.15. The molecule has 0 aromatic rings. The molecule has 1 aliphatic rings. The number of amides is 1. The average Bonchev–Trinajstić information content (AvgIpc) is 2.20. The van der Waals surface area contributed by atoms with Crippen LogP contribution in [0, 0.1) is 0 Å². The van der Waals surface area contributed by atoms with Crippen LogP contribution >= 0.6 is 22.6 Å². The van der Waals surface area contributed by atoms with E-state index >= 15 is 0 Å². The molecule has 1 aliphatic carbocycles. The molecule has 0 bridgehead atoms. The molecule has 3 heteroatoms. The summed E-state index contributed by atoms with van der Waals surface area (Å²) in [7, 11) is 0. The van der Waals surface area contributed by atoms with Gasteiger partial charge in [-0.25, -0.2) is 0 Å². The van der Waals surface area contributed by atoms with Gasteiger partial charge in [-0.1, -0.05) is 41.9 Å². The number of hydrogen-bond donors (Lipinski definition) is 0. The second-order valence-electron chi connectivity index (χ2n) is 3.61. The highest BCUT2D eigenvalue weighted by molar-refractivity contribution is 14.1. The monoisotopic (exact) mass is 295 g/mol. The van der Waals surface area contributed by atoms with Crippen molar-refractivity contribution < 1.29 is 4.79 Å². The third kappa shape index (κ3) is 3.11. The zero-order valence-corrected chi connectivity index (χ0v) is 10.4. The van der Waals surface area contributed by atoms with Gasteiger partial charge in [0.15, 0.2) is 0 Å². The van der Waals surface area contributed by atoms with Crippen LogP contribution < -0.4 is 0 Å². The van der Waals surface area contributed by atoms with E-state index in [2.05, 4.69) is 34.4 Å². The number of alkyl halides is 1. The Bertz CT molecular complexity index is 166. The third-order valence-electron chi connectivity index (χ3n) is 2.79. The van der Waals surface area contributed by atoms with E-state index in [0.29, 0.717) is 16.4 Å². The topological polar surface area (TPSA) is 20.3 Å². The summed E-state index contributed by atoms with van der Waals surface area (Å²) >= 11 is 2.16. The Morgan fingerprint density at radius 1 is 1.38 bits per heavy atom. The lowest BCUT2D eigenvalue weighted by Gasteiger charge is -2.33. The molecule has 0 aliphatic heterocycles. The third-order valence-corrected chi connectivity index (χ3v) is 3.44. The van der Waals surface area contributed by atoms with Crippen LogP contribution in [0.4, 0.5) is 0 Å². The highest BCUT2D eigenvalue weighted by Crippen LogP contribution is 2.22. The van der Waals surface area contributed by atoms with Gasteiger partial charge in [0.1, 0.15) is 0 Å². The van der Waals surface area contributed by atoms with Gasteiger partial charge in [-0.05, 0) is 19.8 Å². The molecule has 1 fully saturated rings. The number of carbonyl (C=O) groups is 1. The number of carbonyl (C=O) groups excluding carboxylic acids is 1. The fraction of sp³-hybridized carbons (Fsp3) is 0.900. The number of rotatable bonds is 3. The molecule has 13 heavy (non-hydrogen) atoms. The minimum atomic E-state index is 0.315. The second kappa shape index (κ2) is 5.83. The Morgan fingerprint density at radius 2 is 2.00 bits per heavy atom. The van der Waals surface area contributed by atoms with Gasteiger partial charge in [0.25, 0.3) is 0 Å². The average molecular weight is 295 g/mol. The summed E-state index contributed by atoms with van der Waals surface area (Å²) in [5.74, 6) is 0.315. The highest BCUT2D eigenvalue weighted by atomic mass is 127. The van der Waals surface area contributed by atoms with Crippen molar-refractivity contribution in [3.05, 3.63) is 0 Å². The zero-order valence-electron chi connectivity index (χ0n) is 8.26. The summed E-state index contributed by atoms with van der Waals surface area (Å²) in [4.78, 5) is 13.6. The Morgan fingerprint density at radius 3 is 2.46 bits per heavy atom. The van der Waals surface area contributed by atoms with E-state index in [-0.39, 0.29) is 0 Å². The van der Waals surface area contributed by atoms with Crippen LogP contribution in [0.1, 0.15) is 39.0 Å². The normalized spacial score (nSPS) is 18.6. The molecule has 0 saturated heterocycles. The Kier molecular flexibility index (Phi) is 5.06. The molecule has 2 nitrogen and oxygen atoms in total. The molecular weight excluding hydrogens is 277 g/mol. The van der Waals surface area contributed by atoms with Crippen molar-refractivity contribution in [1.29, 1.82) is 0 Å². The fourth-order valence-corrected chi connectivity index (χ4v) is 2.55. The Labute approximate surface area is 94.2 Å². The van der Waals surface area contributed by atoms with Gasteiger partial charge in [-0.2, -0.15) is 0 Å². The van der Waals surface area contributed by atoms with Crippen molar-refractivity contribution in [2.75, 3.05) is 11.0 Å². The lowest BCUT2D eigenvalue weighted by atomic mass is 9.94. The highest BCUT2D eigenvalue weighted by Gasteiger charge is 2.22. The van der Waals surface area contributed by atoms with Crippen LogP contribution in [0.25, 0.3) is 0 Å². The lowest BCUT2D eigenvalue weighted by Crippen LogP contribution is -2.41. The second-order valence-corrected chi connectivity index (χ2v) is 4.37. The van der Waals surface area contributed by atoms with Gasteiger partial charge in [-0.3, -0.25) is 4.79 Å². The maximum atomic E-state index is 11.6. The Hall–Kier alpha value is 0.200. The summed E-state index contributed by atoms with van der Waals surface area (Å²) in [5.41, 5.74) is 0. The quantitative estimate of drug-likeness (QED) is 0.579. The first-order chi connectivity index (χ1) is 6.29. The minimum Gasteiger partial charge on any atom is -0.339 e. The lowest BCUT2D eigenvalue weighted by molar-refractivity contribution is -0.130. The molecule has 0 aromatic heterocycles. The molecule has 0 spiro atoms. The van der Waals surface area contributed by atoms with Crippen molar-refractivity contribution in [3.8, 4) is 0 Å². The van der Waals surface area contributed by atoms with E-state index in [4.69, 9.17) is 0 Å². The van der Waals surface area contributed by atoms with E-state index in [1.165, 1.54) is 32.1 Å². The summed E-state index contributed by atoms with van der Waals surface area (Å²) in [5, 5.41) is 0. The maximum absolute atomic E-state index is 11.6. The van der Waals surface area contributed by atoms with Crippen molar-refractivity contribution in [1.82, 2.24) is 4.90 Å². The summed E-state index contributed by atoms with van der Waals surface area (Å²) in [6.45, 7) is 2.96. The van der Waals surface area contributed by atoms with E-state index in [0.717, 1.165) is 6.54 Å². The van der Waals surface area contributed by atoms with Crippen molar-refractivity contribution in [3.63, 3.8) is 0 Å². The van der Waals surface area contributed by atoms with Gasteiger partial charge in [-0.15, -0.1) is 0 Å². The van der Waals surface area contributed by atoms with E-state index in [1.54, 1.807) is 0 Å². The van der Waals surface area contributed by atoms with Crippen LogP contribution in [0.15, 0.2) is 0 Å². The molecule has 0 radical (unpaired) electrons. The molecular formula is C10H18INO. The van der Waals surface area contributed by atoms with E-state index in [9.17, 15) is 4.79 Å². The molecule has 1 amide bonds. The van der Waals surface area contributed by atoms with Crippen LogP contribution in [-0.2, 0) is 4.79 Å². The number of halogens is 1. The fourth-order valence-electron chi connectivity index (χ4n) is 2.11. The number of hydrogen-bond acceptors (Lipinski definition) is 1. The smallest absolute Gasteiger partial charge is 0.232 e. The molecule has 0 heterocycles. The van der Waals surface area contributed by atoms with Gasteiger partial charge in [0.05, 0.1) is 4.43 Å². The molecule has 1 rings (SSSR count). The minimum absolute atomic E-state index is 0.315. The summed E-state index contributed by atoms with van der Waals surface area (Å²) < 4.78 is 0.627. The molecule has 0 unspecified atom stereocenters. The predicted molar refractivity (Wildman–Crippen MR) is 63.1 cm³/mol. The van der Waals surface area contributed by atoms with Crippen LogP contribution in [0.5, 0.6) is 0 Å². The predicted octanol–water partition coefficient (Wildman–Crippen LogP) is 2.60. The van der Waals surface area contributed by atoms with Crippen LogP contribution in [0.2, 0.25) is 0 Å². The molecule has 0 aromatic carbocycles. The van der Waals surface area contributed by atoms with Gasteiger partial charge >= 0.3 is 0 Å². The van der Waals surface area contributed by atoms with Gasteiger partial charge in [0.2, 0.25) is 5.91 Å². The van der Waals surface area contributed by atoms with Crippen molar-refractivity contribution >= 4 is 28.5 Å². The molecule has 76 valence electrons. The SMILES string of the molecule is CCN(C(=O)CI)C1CCCCC1. The molecule has 0 N–H and O–H groups in total. The van der Waals surface area contributed by atoms with Gasteiger partial charge < -0.3 is 4.90 Å². The van der Waals surface area contributed by atoms with Crippen molar-refractivity contribution in [2.24, 2.45) is 0 Å². The standard InChI is InChI=1S/C10H18INO/c1-2-12(10(13)8-11)9-6-4-3-5-7-9/h9H,2-8H2,1H3. The van der Waals surface area contributed by atoms with Gasteiger partial charge in [0, 0.05) is 12.6 Å². The molecule has 0 atom stereocenters. The van der Waals surface area contributed by atoms with Crippen molar-refractivity contribution in [2.45, 2.75) is 45.1 Å². The first-order valence-corrected chi connectivity index (χ1v) is 6.67. The summed E-state index contributed by atoms with van der Waals surface area (Å²) in [6, 6.07) is 0.543. The largest absolute Gasteiger partial charge is 0.339 e. The Balaban J connectivity index is 2.48. The number of nitrogens with zero attached hydrogens (tertiary/aromatic N) is 1. The van der Waals surface area contributed by atoms with E-state index in [1.807, 2.05) is 0 Å². The van der Waals surface area contributed by atoms with E-state index < -0.39 is 0 Å². The summed E-state index contributed by atoms with van der Waals surface area (Å²) in [6.07, 6.45) is 6.39. The maximum Gasteiger partial charge on any atom is 0.232 e. The van der Waals surface area contributed by atoms with Crippen LogP contribution in [-0.4, -0.2) is 27.8 Å². The molecule has 1 saturated carbocycles. The van der Waals surface area contributed by atoms with Crippen LogP contribution in [0.3, 0.4) is 0 Å². The zero-order chi connectivity index (χ0) is 9.68.